The molecule has 1 heterocycles. The molecule has 2 aromatic rings. The number of benzene rings is 1. The minimum Gasteiger partial charge on any atom is -0.366 e. The highest BCUT2D eigenvalue weighted by Crippen LogP contribution is 2.26. The lowest BCUT2D eigenvalue weighted by Gasteiger charge is -2.25. The molecule has 0 saturated heterocycles. The Labute approximate surface area is 125 Å². The van der Waals surface area contributed by atoms with E-state index in [1.807, 2.05) is 43.6 Å². The molecule has 0 unspecified atom stereocenters. The van der Waals surface area contributed by atoms with Crippen LogP contribution in [0, 0.1) is 0 Å². The largest absolute Gasteiger partial charge is 0.366 e. The predicted molar refractivity (Wildman–Crippen MR) is 85.2 cm³/mol. The molecule has 0 fully saturated rings. The summed E-state index contributed by atoms with van der Waals surface area (Å²) in [6.07, 6.45) is 1.83. The van der Waals surface area contributed by atoms with Crippen molar-refractivity contribution >= 4 is 17.3 Å². The molecule has 0 saturated carbocycles. The van der Waals surface area contributed by atoms with Crippen molar-refractivity contribution in [2.45, 2.75) is 20.0 Å². The summed E-state index contributed by atoms with van der Waals surface area (Å²) in [5.74, 6) is 0. The van der Waals surface area contributed by atoms with Crippen molar-refractivity contribution < 1.29 is 0 Å². The fourth-order valence-electron chi connectivity index (χ4n) is 2.23. The van der Waals surface area contributed by atoms with Crippen molar-refractivity contribution in [2.24, 2.45) is 0 Å². The minimum atomic E-state index is 0.763. The monoisotopic (exact) mass is 289 g/mol. The number of aromatic nitrogens is 1. The normalized spacial score (nSPS) is 10.6. The number of hydrogen-bond acceptors (Lipinski definition) is 3. The Morgan fingerprint density at radius 2 is 2.10 bits per heavy atom. The number of pyridine rings is 1. The molecule has 0 spiro atoms. The predicted octanol–water partition coefficient (Wildman–Crippen LogP) is 3.48. The second-order valence-corrected chi connectivity index (χ2v) is 5.08. The van der Waals surface area contributed by atoms with Gasteiger partial charge in [0.05, 0.1) is 12.2 Å². The quantitative estimate of drug-likeness (QED) is 0.882. The zero-order valence-corrected chi connectivity index (χ0v) is 12.7. The smallest absolute Gasteiger partial charge is 0.0602 e. The van der Waals surface area contributed by atoms with Crippen LogP contribution in [0.3, 0.4) is 0 Å². The highest BCUT2D eigenvalue weighted by Gasteiger charge is 2.11. The van der Waals surface area contributed by atoms with Gasteiger partial charge in [-0.25, -0.2) is 0 Å². The molecule has 0 aliphatic rings. The summed E-state index contributed by atoms with van der Waals surface area (Å²) in [5, 5.41) is 3.96. The van der Waals surface area contributed by atoms with Gasteiger partial charge in [0.2, 0.25) is 0 Å². The van der Waals surface area contributed by atoms with Gasteiger partial charge in [-0.2, -0.15) is 0 Å². The van der Waals surface area contributed by atoms with Crippen molar-refractivity contribution in [2.75, 3.05) is 18.5 Å². The Kier molecular flexibility index (Phi) is 5.39. The van der Waals surface area contributed by atoms with E-state index < -0.39 is 0 Å². The van der Waals surface area contributed by atoms with Gasteiger partial charge in [-0.05, 0) is 43.8 Å². The third-order valence-corrected chi connectivity index (χ3v) is 3.45. The molecule has 1 N–H and O–H groups in total. The first-order valence-corrected chi connectivity index (χ1v) is 7.20. The zero-order chi connectivity index (χ0) is 14.4. The number of halogens is 1. The Morgan fingerprint density at radius 1 is 1.25 bits per heavy atom. The summed E-state index contributed by atoms with van der Waals surface area (Å²) in [5.41, 5.74) is 3.47. The van der Waals surface area contributed by atoms with Crippen LogP contribution < -0.4 is 10.2 Å². The lowest BCUT2D eigenvalue weighted by atomic mass is 10.1. The molecule has 20 heavy (non-hydrogen) atoms. The summed E-state index contributed by atoms with van der Waals surface area (Å²) in [6.45, 7) is 4.67. The van der Waals surface area contributed by atoms with Crippen LogP contribution in [0.5, 0.6) is 0 Å². The molecular weight excluding hydrogens is 270 g/mol. The first-order valence-electron chi connectivity index (χ1n) is 6.82. The van der Waals surface area contributed by atoms with Crippen molar-refractivity contribution in [3.63, 3.8) is 0 Å². The lowest BCUT2D eigenvalue weighted by molar-refractivity contribution is 0.775. The molecule has 0 atom stereocenters. The molecule has 3 nitrogen and oxygen atoms in total. The maximum Gasteiger partial charge on any atom is 0.0602 e. The van der Waals surface area contributed by atoms with Crippen LogP contribution in [-0.2, 0) is 13.1 Å². The van der Waals surface area contributed by atoms with Gasteiger partial charge < -0.3 is 10.2 Å². The Bertz CT molecular complexity index is 543. The summed E-state index contributed by atoms with van der Waals surface area (Å²) >= 11 is 6.16. The Hall–Kier alpha value is -1.58. The van der Waals surface area contributed by atoms with E-state index >= 15 is 0 Å². The van der Waals surface area contributed by atoms with Gasteiger partial charge in [-0.1, -0.05) is 23.7 Å². The van der Waals surface area contributed by atoms with Crippen molar-refractivity contribution in [1.29, 1.82) is 0 Å². The lowest BCUT2D eigenvalue weighted by Crippen LogP contribution is -2.24. The van der Waals surface area contributed by atoms with Gasteiger partial charge >= 0.3 is 0 Å². The van der Waals surface area contributed by atoms with E-state index in [1.165, 1.54) is 11.3 Å². The third kappa shape index (κ3) is 3.71. The molecule has 0 aliphatic carbocycles. The van der Waals surface area contributed by atoms with Gasteiger partial charge in [-0.3, -0.25) is 4.98 Å². The molecular formula is C16H20ClN3. The van der Waals surface area contributed by atoms with Crippen LogP contribution in [0.1, 0.15) is 18.2 Å². The molecule has 0 amide bonds. The minimum absolute atomic E-state index is 0.763. The summed E-state index contributed by atoms with van der Waals surface area (Å²) in [7, 11) is 1.95. The van der Waals surface area contributed by atoms with E-state index in [2.05, 4.69) is 28.2 Å². The van der Waals surface area contributed by atoms with Gasteiger partial charge in [-0.15, -0.1) is 0 Å². The fraction of sp³-hybridized carbons (Fsp3) is 0.312. The molecule has 0 radical (unpaired) electrons. The molecule has 1 aromatic heterocycles. The van der Waals surface area contributed by atoms with Crippen LogP contribution in [0.4, 0.5) is 5.69 Å². The molecule has 2 rings (SSSR count). The topological polar surface area (TPSA) is 28.2 Å². The highest BCUT2D eigenvalue weighted by atomic mass is 35.5. The summed E-state index contributed by atoms with van der Waals surface area (Å²) < 4.78 is 0. The van der Waals surface area contributed by atoms with Crippen LogP contribution in [-0.4, -0.2) is 18.6 Å². The van der Waals surface area contributed by atoms with Crippen molar-refractivity contribution in [3.8, 4) is 0 Å². The standard InChI is InChI=1S/C16H20ClN3/c1-3-20(12-15-6-4-5-9-19-15)16-10-14(17)8-7-13(16)11-18-2/h4-10,18H,3,11-12H2,1-2H3. The van der Waals surface area contributed by atoms with Crippen molar-refractivity contribution in [3.05, 3.63) is 58.9 Å². The van der Waals surface area contributed by atoms with Gasteiger partial charge in [0.25, 0.3) is 0 Å². The van der Waals surface area contributed by atoms with E-state index in [4.69, 9.17) is 11.6 Å². The van der Waals surface area contributed by atoms with E-state index in [9.17, 15) is 0 Å². The number of nitrogens with zero attached hydrogens (tertiary/aromatic N) is 2. The van der Waals surface area contributed by atoms with Gasteiger partial charge in [0, 0.05) is 30.0 Å². The Morgan fingerprint density at radius 3 is 2.75 bits per heavy atom. The van der Waals surface area contributed by atoms with Crippen LogP contribution >= 0.6 is 11.6 Å². The van der Waals surface area contributed by atoms with Gasteiger partial charge in [0.15, 0.2) is 0 Å². The van der Waals surface area contributed by atoms with Crippen LogP contribution in [0.25, 0.3) is 0 Å². The highest BCUT2D eigenvalue weighted by molar-refractivity contribution is 6.30. The first-order chi connectivity index (χ1) is 9.74. The number of rotatable bonds is 6. The number of hydrogen-bond donors (Lipinski definition) is 1. The maximum atomic E-state index is 6.16. The molecule has 0 aliphatic heterocycles. The van der Waals surface area contributed by atoms with Crippen molar-refractivity contribution in [1.82, 2.24) is 10.3 Å². The zero-order valence-electron chi connectivity index (χ0n) is 11.9. The molecule has 0 bridgehead atoms. The third-order valence-electron chi connectivity index (χ3n) is 3.22. The van der Waals surface area contributed by atoms with E-state index in [0.717, 1.165) is 30.4 Å². The maximum absolute atomic E-state index is 6.16. The summed E-state index contributed by atoms with van der Waals surface area (Å²) in [4.78, 5) is 6.69. The average molecular weight is 290 g/mol. The second-order valence-electron chi connectivity index (χ2n) is 4.64. The van der Waals surface area contributed by atoms with Gasteiger partial charge in [0.1, 0.15) is 0 Å². The van der Waals surface area contributed by atoms with E-state index in [-0.39, 0.29) is 0 Å². The summed E-state index contributed by atoms with van der Waals surface area (Å²) in [6, 6.07) is 12.0. The van der Waals surface area contributed by atoms with Crippen LogP contribution in [0.2, 0.25) is 5.02 Å². The number of nitrogens with one attached hydrogen (secondary N) is 1. The molecule has 1 aromatic carbocycles. The average Bonchev–Trinajstić information content (AvgIpc) is 2.48. The first kappa shape index (κ1) is 14.8. The SMILES string of the molecule is CCN(Cc1ccccn1)c1cc(Cl)ccc1CNC. The fourth-order valence-corrected chi connectivity index (χ4v) is 2.39. The second kappa shape index (κ2) is 7.27. The molecule has 106 valence electrons. The van der Waals surface area contributed by atoms with Crippen LogP contribution in [0.15, 0.2) is 42.6 Å². The molecule has 4 heteroatoms. The Balaban J connectivity index is 2.28. The van der Waals surface area contributed by atoms with E-state index in [1.54, 1.807) is 0 Å². The number of anilines is 1. The van der Waals surface area contributed by atoms with E-state index in [0.29, 0.717) is 0 Å².